The highest BCUT2D eigenvalue weighted by atomic mass is 35.5. The van der Waals surface area contributed by atoms with E-state index in [1.165, 1.54) is 0 Å². The number of hydrogen-bond acceptors (Lipinski definition) is 4. The van der Waals surface area contributed by atoms with E-state index in [-0.39, 0.29) is 33.7 Å². The normalized spacial score (nSPS) is 28.7. The Labute approximate surface area is 178 Å². The quantitative estimate of drug-likeness (QED) is 0.550. The molecule has 2 aromatic carbocycles. The van der Waals surface area contributed by atoms with Gasteiger partial charge in [0.05, 0.1) is 33.6 Å². The fourth-order valence-corrected chi connectivity index (χ4v) is 5.57. The first kappa shape index (κ1) is 18.8. The van der Waals surface area contributed by atoms with Gasteiger partial charge in [-0.15, -0.1) is 0 Å². The first-order valence-corrected chi connectivity index (χ1v) is 10.4. The van der Waals surface area contributed by atoms with Crippen LogP contribution in [-0.4, -0.2) is 41.1 Å². The number of ketones is 1. The summed E-state index contributed by atoms with van der Waals surface area (Å²) in [6, 6.07) is 13.1. The highest BCUT2D eigenvalue weighted by Crippen LogP contribution is 2.49. The van der Waals surface area contributed by atoms with Crippen molar-refractivity contribution in [2.24, 2.45) is 11.8 Å². The number of nitrogens with zero attached hydrogens (tertiary/aromatic N) is 2. The van der Waals surface area contributed by atoms with Crippen LogP contribution in [0.1, 0.15) is 23.2 Å². The molecular weight excluding hydrogens is 411 g/mol. The number of carbonyl (C=O) groups is 3. The fraction of sp³-hybridized carbons (Fsp3) is 0.318. The summed E-state index contributed by atoms with van der Waals surface area (Å²) < 4.78 is 0. The van der Waals surface area contributed by atoms with E-state index in [4.69, 9.17) is 23.2 Å². The molecule has 0 aliphatic carbocycles. The molecule has 3 aliphatic heterocycles. The van der Waals surface area contributed by atoms with Gasteiger partial charge in [0.1, 0.15) is 0 Å². The van der Waals surface area contributed by atoms with Crippen LogP contribution >= 0.6 is 23.2 Å². The van der Waals surface area contributed by atoms with Gasteiger partial charge in [-0.3, -0.25) is 19.3 Å². The second kappa shape index (κ2) is 6.94. The number of benzene rings is 2. The lowest BCUT2D eigenvalue weighted by atomic mass is 9.85. The molecule has 3 heterocycles. The fourth-order valence-electron chi connectivity index (χ4n) is 5.19. The van der Waals surface area contributed by atoms with Crippen LogP contribution in [0.5, 0.6) is 0 Å². The summed E-state index contributed by atoms with van der Waals surface area (Å²) in [4.78, 5) is 43.4. The Morgan fingerprint density at radius 2 is 1.66 bits per heavy atom. The molecule has 3 fully saturated rings. The van der Waals surface area contributed by atoms with Gasteiger partial charge in [0.2, 0.25) is 11.8 Å². The van der Waals surface area contributed by atoms with Crippen molar-refractivity contribution >= 4 is 46.5 Å². The maximum atomic E-state index is 13.5. The highest BCUT2D eigenvalue weighted by Gasteiger charge is 2.64. The van der Waals surface area contributed by atoms with Gasteiger partial charge in [0.25, 0.3) is 0 Å². The first-order valence-electron chi connectivity index (χ1n) is 9.67. The summed E-state index contributed by atoms with van der Waals surface area (Å²) >= 11 is 12.4. The number of amides is 2. The molecule has 3 aliphatic rings. The van der Waals surface area contributed by atoms with Crippen LogP contribution in [0.25, 0.3) is 0 Å². The van der Waals surface area contributed by atoms with Crippen LogP contribution in [0.3, 0.4) is 0 Å². The van der Waals surface area contributed by atoms with Crippen LogP contribution in [0.4, 0.5) is 5.69 Å². The van der Waals surface area contributed by atoms with Gasteiger partial charge >= 0.3 is 0 Å². The third kappa shape index (κ3) is 2.68. The molecule has 0 spiro atoms. The van der Waals surface area contributed by atoms with Crippen LogP contribution in [0.15, 0.2) is 48.5 Å². The number of carbonyl (C=O) groups excluding carboxylic acids is 3. The Balaban J connectivity index is 1.58. The van der Waals surface area contributed by atoms with Crippen molar-refractivity contribution in [3.8, 4) is 0 Å². The Kier molecular flexibility index (Phi) is 4.50. The molecule has 0 aromatic heterocycles. The molecule has 5 nitrogen and oxygen atoms in total. The lowest BCUT2D eigenvalue weighted by molar-refractivity contribution is -0.123. The number of imide groups is 1. The van der Waals surface area contributed by atoms with E-state index in [1.807, 2.05) is 6.07 Å². The first-order chi connectivity index (χ1) is 14.0. The topological polar surface area (TPSA) is 57.7 Å². The van der Waals surface area contributed by atoms with E-state index in [0.717, 1.165) is 24.3 Å². The Morgan fingerprint density at radius 1 is 0.931 bits per heavy atom. The highest BCUT2D eigenvalue weighted by molar-refractivity contribution is 6.45. The van der Waals surface area contributed by atoms with Crippen molar-refractivity contribution < 1.29 is 14.4 Å². The third-order valence-electron chi connectivity index (χ3n) is 6.35. The summed E-state index contributed by atoms with van der Waals surface area (Å²) in [5.41, 5.74) is 0.849. The van der Waals surface area contributed by atoms with Crippen LogP contribution in [0.2, 0.25) is 10.0 Å². The molecule has 4 atom stereocenters. The van der Waals surface area contributed by atoms with Crippen LogP contribution in [-0.2, 0) is 9.59 Å². The van der Waals surface area contributed by atoms with Gasteiger partial charge in [-0.05, 0) is 31.5 Å². The Morgan fingerprint density at radius 3 is 2.41 bits per heavy atom. The minimum absolute atomic E-state index is 0.0999. The smallest absolute Gasteiger partial charge is 0.239 e. The standard InChI is InChI=1S/C22H18Cl2N2O3/c23-13-8-4-9-15(18(13)24)26-21(28)16-14-10-5-11-25(14)19(17(16)22(26)29)20(27)12-6-2-1-3-7-12/h1-4,6-9,14,16-17,19H,5,10-11H2/t14-,16+,17-,19+/m1/s1. The second-order valence-corrected chi connectivity index (χ2v) is 8.54. The lowest BCUT2D eigenvalue weighted by Crippen LogP contribution is -2.46. The number of hydrogen-bond donors (Lipinski definition) is 0. The van der Waals surface area contributed by atoms with Crippen LogP contribution in [0, 0.1) is 11.8 Å². The van der Waals surface area contributed by atoms with E-state index in [0.29, 0.717) is 11.3 Å². The van der Waals surface area contributed by atoms with Crippen molar-refractivity contribution in [3.05, 3.63) is 64.1 Å². The zero-order chi connectivity index (χ0) is 20.3. The molecule has 0 saturated carbocycles. The molecule has 148 valence electrons. The molecule has 0 radical (unpaired) electrons. The molecule has 2 amide bonds. The maximum absolute atomic E-state index is 13.5. The van der Waals surface area contributed by atoms with E-state index < -0.39 is 17.9 Å². The van der Waals surface area contributed by atoms with Gasteiger partial charge < -0.3 is 0 Å². The molecule has 2 aromatic rings. The number of anilines is 1. The van der Waals surface area contributed by atoms with Crippen molar-refractivity contribution in [2.45, 2.75) is 24.9 Å². The van der Waals surface area contributed by atoms with Gasteiger partial charge in [-0.25, -0.2) is 4.90 Å². The maximum Gasteiger partial charge on any atom is 0.239 e. The average molecular weight is 429 g/mol. The van der Waals surface area contributed by atoms with Gasteiger partial charge in [-0.1, -0.05) is 59.6 Å². The summed E-state index contributed by atoms with van der Waals surface area (Å²) in [6.45, 7) is 0.722. The monoisotopic (exact) mass is 428 g/mol. The molecule has 0 bridgehead atoms. The Hall–Kier alpha value is -2.21. The summed E-state index contributed by atoms with van der Waals surface area (Å²) in [7, 11) is 0. The van der Waals surface area contributed by atoms with E-state index in [2.05, 4.69) is 4.90 Å². The van der Waals surface area contributed by atoms with Crippen molar-refractivity contribution in [3.63, 3.8) is 0 Å². The average Bonchev–Trinajstić information content (AvgIpc) is 3.37. The van der Waals surface area contributed by atoms with Gasteiger partial charge in [0.15, 0.2) is 5.78 Å². The number of halogens is 2. The summed E-state index contributed by atoms with van der Waals surface area (Å²) in [5.74, 6) is -1.99. The zero-order valence-electron chi connectivity index (χ0n) is 15.4. The molecule has 0 N–H and O–H groups in total. The SMILES string of the molecule is O=C(c1ccccc1)[C@@H]1[C@@H]2C(=O)N(c3cccc(Cl)c3Cl)C(=O)[C@H]2[C@H]2CCCN21. The zero-order valence-corrected chi connectivity index (χ0v) is 16.9. The molecule has 0 unspecified atom stereocenters. The van der Waals surface area contributed by atoms with Gasteiger partial charge in [-0.2, -0.15) is 0 Å². The molecular formula is C22H18Cl2N2O3. The molecule has 5 rings (SSSR count). The molecule has 3 saturated heterocycles. The van der Waals surface area contributed by atoms with Crippen molar-refractivity contribution in [1.82, 2.24) is 4.90 Å². The predicted octanol–water partition coefficient (Wildman–Crippen LogP) is 3.83. The minimum Gasteiger partial charge on any atom is -0.292 e. The predicted molar refractivity (Wildman–Crippen MR) is 110 cm³/mol. The number of Topliss-reactive ketones (excluding diaryl/α,β-unsaturated/α-hetero) is 1. The molecule has 29 heavy (non-hydrogen) atoms. The van der Waals surface area contributed by atoms with Gasteiger partial charge in [0, 0.05) is 11.6 Å². The van der Waals surface area contributed by atoms with E-state index in [1.54, 1.807) is 42.5 Å². The van der Waals surface area contributed by atoms with Crippen LogP contribution < -0.4 is 4.90 Å². The third-order valence-corrected chi connectivity index (χ3v) is 7.16. The summed E-state index contributed by atoms with van der Waals surface area (Å²) in [6.07, 6.45) is 1.71. The Bertz CT molecular complexity index is 1030. The van der Waals surface area contributed by atoms with E-state index >= 15 is 0 Å². The second-order valence-electron chi connectivity index (χ2n) is 7.76. The van der Waals surface area contributed by atoms with Crippen molar-refractivity contribution in [2.75, 3.05) is 11.4 Å². The largest absolute Gasteiger partial charge is 0.292 e. The molecule has 7 heteroatoms. The van der Waals surface area contributed by atoms with E-state index in [9.17, 15) is 14.4 Å². The summed E-state index contributed by atoms with van der Waals surface area (Å²) in [5, 5.41) is 0.450. The minimum atomic E-state index is -0.699. The number of fused-ring (bicyclic) bond motifs is 3. The number of rotatable bonds is 3. The lowest BCUT2D eigenvalue weighted by Gasteiger charge is -2.27. The van der Waals surface area contributed by atoms with Crippen molar-refractivity contribution in [1.29, 1.82) is 0 Å².